The van der Waals surface area contributed by atoms with E-state index >= 15 is 0 Å². The summed E-state index contributed by atoms with van der Waals surface area (Å²) in [6.07, 6.45) is 3.66. The molecule has 0 bridgehead atoms. The van der Waals surface area contributed by atoms with E-state index in [2.05, 4.69) is 49.1 Å². The number of aryl methyl sites for hydroxylation is 1. The highest BCUT2D eigenvalue weighted by Crippen LogP contribution is 2.35. The number of aromatic nitrogens is 2. The molecule has 0 unspecified atom stereocenters. The highest BCUT2D eigenvalue weighted by Gasteiger charge is 2.28. The molecule has 2 fully saturated rings. The number of ether oxygens (including phenoxy) is 1. The molecule has 3 aromatic rings. The highest BCUT2D eigenvalue weighted by atomic mass is 32.1. The van der Waals surface area contributed by atoms with Gasteiger partial charge in [0.05, 0.1) is 11.4 Å². The summed E-state index contributed by atoms with van der Waals surface area (Å²) in [4.78, 5) is 28.3. The molecular formula is C29H38F2N8O2S. The third-order valence-corrected chi connectivity index (χ3v) is 8.90. The first-order chi connectivity index (χ1) is 20.2. The molecule has 2 aromatic heterocycles. The predicted molar refractivity (Wildman–Crippen MR) is 163 cm³/mol. The summed E-state index contributed by atoms with van der Waals surface area (Å²) in [5.41, 5.74) is 7.88. The molecule has 0 spiro atoms. The van der Waals surface area contributed by atoms with E-state index in [1.165, 1.54) is 11.3 Å². The Balaban J connectivity index is 1.26. The van der Waals surface area contributed by atoms with Crippen molar-refractivity contribution in [2.45, 2.75) is 52.3 Å². The number of benzene rings is 1. The van der Waals surface area contributed by atoms with Gasteiger partial charge < -0.3 is 26.0 Å². The Morgan fingerprint density at radius 1 is 1.07 bits per heavy atom. The maximum Gasteiger partial charge on any atom is 0.387 e. The first-order valence-corrected chi connectivity index (χ1v) is 15.1. The van der Waals surface area contributed by atoms with Crippen LogP contribution in [0.25, 0.3) is 0 Å². The lowest BCUT2D eigenvalue weighted by Gasteiger charge is -2.44. The maximum atomic E-state index is 13.4. The molecule has 4 heterocycles. The molecule has 0 saturated carbocycles. The van der Waals surface area contributed by atoms with Crippen molar-refractivity contribution in [3.63, 3.8) is 0 Å². The number of hydrogen-bond donors (Lipinski definition) is 3. The van der Waals surface area contributed by atoms with Crippen LogP contribution in [0.5, 0.6) is 5.75 Å². The molecule has 5 rings (SSSR count). The van der Waals surface area contributed by atoms with Crippen molar-refractivity contribution in [2.24, 2.45) is 5.73 Å². The van der Waals surface area contributed by atoms with Gasteiger partial charge in [0, 0.05) is 74.9 Å². The monoisotopic (exact) mass is 600 g/mol. The Kier molecular flexibility index (Phi) is 9.39. The maximum absolute atomic E-state index is 13.4. The van der Waals surface area contributed by atoms with Crippen molar-refractivity contribution in [3.05, 3.63) is 46.3 Å². The van der Waals surface area contributed by atoms with Crippen LogP contribution in [-0.2, 0) is 0 Å². The fourth-order valence-corrected chi connectivity index (χ4v) is 6.29. The molecule has 1 aromatic carbocycles. The molecule has 0 radical (unpaired) electrons. The number of piperazine rings is 1. The number of hydrogen-bond acceptors (Lipinski definition) is 10. The summed E-state index contributed by atoms with van der Waals surface area (Å²) < 4.78 is 31.8. The standard InChI is InChI=1S/C29H38F2N8O2S/c1-18(2)37-11-13-39(14-12-37)20-6-9-38(10-7-20)21-4-5-22(24(16-21)41-28(30)31)35-29-33-17-19(3)27(36-29)34-23-8-15-42-25(23)26(32)40/h4-5,8,15-18,20,28H,6-7,9-14H2,1-3H3,(H2,32,40)(H2,33,34,35,36). The lowest BCUT2D eigenvalue weighted by Crippen LogP contribution is -2.54. The third kappa shape index (κ3) is 7.08. The molecule has 2 saturated heterocycles. The van der Waals surface area contributed by atoms with Crippen molar-refractivity contribution in [1.29, 1.82) is 0 Å². The van der Waals surface area contributed by atoms with Gasteiger partial charge >= 0.3 is 6.61 Å². The van der Waals surface area contributed by atoms with E-state index in [1.54, 1.807) is 29.8 Å². The van der Waals surface area contributed by atoms with Crippen LogP contribution in [0.1, 0.15) is 41.9 Å². The van der Waals surface area contributed by atoms with Crippen molar-refractivity contribution in [2.75, 3.05) is 54.8 Å². The zero-order valence-electron chi connectivity index (χ0n) is 24.1. The molecule has 0 atom stereocenters. The SMILES string of the molecule is Cc1cnc(Nc2ccc(N3CCC(N4CCN(C(C)C)CC4)CC3)cc2OC(F)F)nc1Nc1ccsc1C(N)=O. The number of thiophene rings is 1. The van der Waals surface area contributed by atoms with Crippen LogP contribution in [0, 0.1) is 6.92 Å². The molecule has 10 nitrogen and oxygen atoms in total. The van der Waals surface area contributed by atoms with Crippen molar-refractivity contribution in [1.82, 2.24) is 19.8 Å². The second kappa shape index (κ2) is 13.2. The zero-order chi connectivity index (χ0) is 29.8. The molecule has 226 valence electrons. The van der Waals surface area contributed by atoms with E-state index in [0.29, 0.717) is 34.2 Å². The minimum atomic E-state index is -2.99. The molecular weight excluding hydrogens is 562 g/mol. The smallest absolute Gasteiger partial charge is 0.387 e. The number of carbonyl (C=O) groups is 1. The zero-order valence-corrected chi connectivity index (χ0v) is 25.0. The minimum Gasteiger partial charge on any atom is -0.433 e. The van der Waals surface area contributed by atoms with Crippen LogP contribution in [0.15, 0.2) is 35.8 Å². The predicted octanol–water partition coefficient (Wildman–Crippen LogP) is 5.03. The molecule has 2 aliphatic rings. The Morgan fingerprint density at radius 3 is 2.48 bits per heavy atom. The second-order valence-corrected chi connectivity index (χ2v) is 11.9. The van der Waals surface area contributed by atoms with Gasteiger partial charge in [-0.25, -0.2) is 4.98 Å². The topological polar surface area (TPSA) is 112 Å². The van der Waals surface area contributed by atoms with E-state index in [-0.39, 0.29) is 11.7 Å². The number of carbonyl (C=O) groups excluding carboxylic acids is 1. The number of halogens is 2. The van der Waals surface area contributed by atoms with Gasteiger partial charge in [0.15, 0.2) is 5.75 Å². The summed E-state index contributed by atoms with van der Waals surface area (Å²) in [6, 6.07) is 8.12. The first kappa shape index (κ1) is 29.9. The van der Waals surface area contributed by atoms with Crippen LogP contribution in [0.4, 0.5) is 37.6 Å². The van der Waals surface area contributed by atoms with Crippen molar-refractivity contribution in [3.8, 4) is 5.75 Å². The lowest BCUT2D eigenvalue weighted by atomic mass is 10.0. The first-order valence-electron chi connectivity index (χ1n) is 14.2. The van der Waals surface area contributed by atoms with Gasteiger partial charge in [-0.15, -0.1) is 11.3 Å². The van der Waals surface area contributed by atoms with Gasteiger partial charge in [-0.05, 0) is 57.2 Å². The summed E-state index contributed by atoms with van der Waals surface area (Å²) >= 11 is 1.23. The van der Waals surface area contributed by atoms with Gasteiger partial charge in [-0.3, -0.25) is 14.6 Å². The summed E-state index contributed by atoms with van der Waals surface area (Å²) in [6.45, 7) is 9.41. The van der Waals surface area contributed by atoms with Crippen LogP contribution >= 0.6 is 11.3 Å². The normalized spacial score (nSPS) is 17.2. The number of alkyl halides is 2. The average molecular weight is 601 g/mol. The number of piperidine rings is 1. The Hall–Kier alpha value is -3.55. The van der Waals surface area contributed by atoms with E-state index in [0.717, 1.165) is 63.4 Å². The number of nitrogens with two attached hydrogens (primary N) is 1. The summed E-state index contributed by atoms with van der Waals surface area (Å²) in [7, 11) is 0. The van der Waals surface area contributed by atoms with Gasteiger partial charge in [0.25, 0.3) is 5.91 Å². The Bertz CT molecular complexity index is 1370. The Labute approximate surface area is 248 Å². The Morgan fingerprint density at radius 2 is 1.81 bits per heavy atom. The van der Waals surface area contributed by atoms with E-state index in [9.17, 15) is 13.6 Å². The number of rotatable bonds is 10. The number of primary amides is 1. The molecule has 1 amide bonds. The van der Waals surface area contributed by atoms with Crippen LogP contribution in [-0.4, -0.2) is 83.6 Å². The average Bonchev–Trinajstić information content (AvgIpc) is 3.44. The largest absolute Gasteiger partial charge is 0.433 e. The van der Waals surface area contributed by atoms with Gasteiger partial charge in [-0.2, -0.15) is 13.8 Å². The fraction of sp³-hybridized carbons (Fsp3) is 0.483. The number of amides is 1. The molecule has 42 heavy (non-hydrogen) atoms. The van der Waals surface area contributed by atoms with Gasteiger partial charge in [-0.1, -0.05) is 0 Å². The summed E-state index contributed by atoms with van der Waals surface area (Å²) in [5.74, 6) is 0.112. The number of nitrogens with one attached hydrogen (secondary N) is 2. The van der Waals surface area contributed by atoms with Gasteiger partial charge in [0.2, 0.25) is 5.95 Å². The highest BCUT2D eigenvalue weighted by molar-refractivity contribution is 7.12. The van der Waals surface area contributed by atoms with Crippen molar-refractivity contribution < 1.29 is 18.3 Å². The van der Waals surface area contributed by atoms with Crippen molar-refractivity contribution >= 4 is 46.1 Å². The molecule has 0 aliphatic carbocycles. The van der Waals surface area contributed by atoms with Gasteiger partial charge in [0.1, 0.15) is 10.7 Å². The number of anilines is 5. The minimum absolute atomic E-state index is 0.0157. The molecule has 4 N–H and O–H groups in total. The lowest BCUT2D eigenvalue weighted by molar-refractivity contribution is -0.0493. The second-order valence-electron chi connectivity index (χ2n) is 10.9. The third-order valence-electron chi connectivity index (χ3n) is 7.97. The fourth-order valence-electron chi connectivity index (χ4n) is 5.59. The summed E-state index contributed by atoms with van der Waals surface area (Å²) in [5, 5.41) is 7.89. The van der Waals surface area contributed by atoms with Crippen LogP contribution in [0.3, 0.4) is 0 Å². The van der Waals surface area contributed by atoms with Crippen LogP contribution in [0.2, 0.25) is 0 Å². The molecule has 13 heteroatoms. The van der Waals surface area contributed by atoms with E-state index in [1.807, 2.05) is 13.0 Å². The quantitative estimate of drug-likeness (QED) is 0.295. The van der Waals surface area contributed by atoms with Crippen LogP contribution < -0.4 is 26.0 Å². The number of nitrogens with zero attached hydrogens (tertiary/aromatic N) is 5. The molecule has 2 aliphatic heterocycles. The van der Waals surface area contributed by atoms with E-state index < -0.39 is 12.5 Å². The van der Waals surface area contributed by atoms with E-state index in [4.69, 9.17) is 10.5 Å².